The van der Waals surface area contributed by atoms with Crippen LogP contribution in [0.25, 0.3) is 11.4 Å². The number of aromatic nitrogens is 3. The van der Waals surface area contributed by atoms with E-state index in [1.54, 1.807) is 12.4 Å². The second kappa shape index (κ2) is 7.25. The lowest BCUT2D eigenvalue weighted by Gasteiger charge is -2.27. The van der Waals surface area contributed by atoms with Gasteiger partial charge in [0.25, 0.3) is 5.89 Å². The zero-order valence-electron chi connectivity index (χ0n) is 14.5. The first kappa shape index (κ1) is 16.7. The van der Waals surface area contributed by atoms with Gasteiger partial charge in [-0.2, -0.15) is 4.98 Å². The molecule has 134 valence electrons. The number of aliphatic hydroxyl groups is 1. The number of pyridine rings is 1. The molecule has 2 heterocycles. The molecular weight excluding hydrogens is 330 g/mol. The molecule has 6 heteroatoms. The Hall–Kier alpha value is -2.73. The van der Waals surface area contributed by atoms with Gasteiger partial charge in [0.15, 0.2) is 0 Å². The second-order valence-electron chi connectivity index (χ2n) is 6.69. The van der Waals surface area contributed by atoms with Crippen LogP contribution in [0.4, 0.5) is 0 Å². The van der Waals surface area contributed by atoms with Crippen LogP contribution >= 0.6 is 0 Å². The molecule has 0 radical (unpaired) electrons. The summed E-state index contributed by atoms with van der Waals surface area (Å²) in [5, 5.41) is 14.8. The zero-order valence-corrected chi connectivity index (χ0v) is 14.5. The maximum absolute atomic E-state index is 10.7. The van der Waals surface area contributed by atoms with Gasteiger partial charge in [0.05, 0.1) is 0 Å². The summed E-state index contributed by atoms with van der Waals surface area (Å²) >= 11 is 0. The summed E-state index contributed by atoms with van der Waals surface area (Å²) in [6, 6.07) is 11.4. The monoisotopic (exact) mass is 351 g/mol. The van der Waals surface area contributed by atoms with Gasteiger partial charge in [-0.1, -0.05) is 42.6 Å². The smallest absolute Gasteiger partial charge is 0.258 e. The molecule has 1 aromatic carbocycles. The largest absolute Gasteiger partial charge is 0.489 e. The van der Waals surface area contributed by atoms with Gasteiger partial charge in [-0.15, -0.1) is 0 Å². The van der Waals surface area contributed by atoms with Crippen LogP contribution in [0.5, 0.6) is 5.75 Å². The Kier molecular flexibility index (Phi) is 4.67. The average Bonchev–Trinajstić information content (AvgIpc) is 3.19. The fourth-order valence-electron chi connectivity index (χ4n) is 3.26. The van der Waals surface area contributed by atoms with Crippen LogP contribution in [0.15, 0.2) is 53.3 Å². The number of ether oxygens (including phenoxy) is 1. The van der Waals surface area contributed by atoms with Crippen LogP contribution < -0.4 is 4.74 Å². The quantitative estimate of drug-likeness (QED) is 0.752. The molecule has 1 N–H and O–H groups in total. The molecule has 2 aromatic heterocycles. The van der Waals surface area contributed by atoms with Crippen molar-refractivity contribution < 1.29 is 14.4 Å². The molecule has 0 atom stereocenters. The molecule has 1 aliphatic rings. The van der Waals surface area contributed by atoms with E-state index in [0.29, 0.717) is 36.9 Å². The molecule has 3 aromatic rings. The van der Waals surface area contributed by atoms with Crippen molar-refractivity contribution in [3.63, 3.8) is 0 Å². The van der Waals surface area contributed by atoms with E-state index in [-0.39, 0.29) is 0 Å². The van der Waals surface area contributed by atoms with Crippen molar-refractivity contribution >= 4 is 0 Å². The molecule has 0 aliphatic heterocycles. The van der Waals surface area contributed by atoms with Crippen molar-refractivity contribution in [3.05, 3.63) is 60.2 Å². The van der Waals surface area contributed by atoms with E-state index in [4.69, 9.17) is 9.26 Å². The highest BCUT2D eigenvalue weighted by molar-refractivity contribution is 5.56. The van der Waals surface area contributed by atoms with Crippen LogP contribution in [-0.4, -0.2) is 20.2 Å². The van der Waals surface area contributed by atoms with E-state index in [2.05, 4.69) is 15.1 Å². The highest BCUT2D eigenvalue weighted by Gasteiger charge is 2.37. The average molecular weight is 351 g/mol. The number of rotatable bonds is 5. The Bertz CT molecular complexity index is 858. The van der Waals surface area contributed by atoms with Crippen molar-refractivity contribution in [3.8, 4) is 17.1 Å². The zero-order chi connectivity index (χ0) is 17.8. The minimum absolute atomic E-state index is 0.314. The first-order valence-electron chi connectivity index (χ1n) is 8.92. The van der Waals surface area contributed by atoms with E-state index in [1.165, 1.54) is 0 Å². The Morgan fingerprint density at radius 2 is 2.00 bits per heavy atom. The lowest BCUT2D eigenvalue weighted by atomic mass is 9.85. The molecular formula is C20H21N3O3. The SMILES string of the molecule is OC1(c2nc(-c3cccc(OCc4cccnc4)c3)no2)CCCCC1. The summed E-state index contributed by atoms with van der Waals surface area (Å²) < 4.78 is 11.2. The molecule has 0 spiro atoms. The van der Waals surface area contributed by atoms with Gasteiger partial charge >= 0.3 is 0 Å². The van der Waals surface area contributed by atoms with Gasteiger partial charge in [-0.25, -0.2) is 0 Å². The maximum atomic E-state index is 10.7. The van der Waals surface area contributed by atoms with E-state index in [9.17, 15) is 5.11 Å². The third-order valence-electron chi connectivity index (χ3n) is 4.73. The standard InChI is InChI=1S/C20H21N3O3/c24-20(9-2-1-3-10-20)19-22-18(23-26-19)16-7-4-8-17(12-16)25-14-15-6-5-11-21-13-15/h4-8,11-13,24H,1-3,9-10,14H2. The predicted octanol–water partition coefficient (Wildman–Crippen LogP) is 3.86. The topological polar surface area (TPSA) is 81.3 Å². The molecule has 1 fully saturated rings. The molecule has 1 saturated carbocycles. The fraction of sp³-hybridized carbons (Fsp3) is 0.350. The predicted molar refractivity (Wildman–Crippen MR) is 95.3 cm³/mol. The highest BCUT2D eigenvalue weighted by atomic mass is 16.5. The summed E-state index contributed by atoms with van der Waals surface area (Å²) in [6.45, 7) is 0.439. The first-order chi connectivity index (χ1) is 12.7. The van der Waals surface area contributed by atoms with Gasteiger partial charge in [0.1, 0.15) is 18.0 Å². The van der Waals surface area contributed by atoms with E-state index >= 15 is 0 Å². The Labute approximate surface area is 151 Å². The molecule has 0 unspecified atom stereocenters. The number of hydrogen-bond acceptors (Lipinski definition) is 6. The first-order valence-corrected chi connectivity index (χ1v) is 8.92. The van der Waals surface area contributed by atoms with Crippen molar-refractivity contribution in [1.82, 2.24) is 15.1 Å². The van der Waals surface area contributed by atoms with Crippen LogP contribution in [0.3, 0.4) is 0 Å². The van der Waals surface area contributed by atoms with E-state index in [1.807, 2.05) is 36.4 Å². The van der Waals surface area contributed by atoms with E-state index in [0.717, 1.165) is 30.4 Å². The van der Waals surface area contributed by atoms with Gasteiger partial charge in [0, 0.05) is 23.5 Å². The molecule has 0 bridgehead atoms. The highest BCUT2D eigenvalue weighted by Crippen LogP contribution is 2.36. The van der Waals surface area contributed by atoms with Gasteiger partial charge < -0.3 is 14.4 Å². The minimum atomic E-state index is -0.988. The summed E-state index contributed by atoms with van der Waals surface area (Å²) in [7, 11) is 0. The minimum Gasteiger partial charge on any atom is -0.489 e. The lowest BCUT2D eigenvalue weighted by molar-refractivity contribution is -0.0287. The summed E-state index contributed by atoms with van der Waals surface area (Å²) in [5.74, 6) is 1.49. The normalized spacial score (nSPS) is 16.3. The number of nitrogens with zero attached hydrogens (tertiary/aromatic N) is 3. The molecule has 4 rings (SSSR count). The number of hydrogen-bond donors (Lipinski definition) is 1. The molecule has 26 heavy (non-hydrogen) atoms. The van der Waals surface area contributed by atoms with Crippen molar-refractivity contribution in [1.29, 1.82) is 0 Å². The third kappa shape index (κ3) is 3.60. The van der Waals surface area contributed by atoms with Gasteiger partial charge in [0.2, 0.25) is 5.82 Å². The molecule has 0 saturated heterocycles. The Balaban J connectivity index is 1.50. The Morgan fingerprint density at radius 1 is 1.12 bits per heavy atom. The fourth-order valence-corrected chi connectivity index (χ4v) is 3.26. The van der Waals surface area contributed by atoms with Crippen LogP contribution in [0, 0.1) is 0 Å². The summed E-state index contributed by atoms with van der Waals surface area (Å²) in [6.07, 6.45) is 7.95. The number of benzene rings is 1. The summed E-state index contributed by atoms with van der Waals surface area (Å²) in [5.41, 5.74) is 0.806. The maximum Gasteiger partial charge on any atom is 0.258 e. The summed E-state index contributed by atoms with van der Waals surface area (Å²) in [4.78, 5) is 8.52. The van der Waals surface area contributed by atoms with Crippen LogP contribution in [0.1, 0.15) is 43.6 Å². The lowest BCUT2D eigenvalue weighted by Crippen LogP contribution is -2.28. The Morgan fingerprint density at radius 3 is 2.81 bits per heavy atom. The van der Waals surface area contributed by atoms with E-state index < -0.39 is 5.60 Å². The second-order valence-corrected chi connectivity index (χ2v) is 6.69. The van der Waals surface area contributed by atoms with Gasteiger partial charge in [-0.05, 0) is 31.0 Å². The van der Waals surface area contributed by atoms with Gasteiger partial charge in [-0.3, -0.25) is 4.98 Å². The molecule has 1 aliphatic carbocycles. The third-order valence-corrected chi connectivity index (χ3v) is 4.73. The van der Waals surface area contributed by atoms with Crippen molar-refractivity contribution in [2.75, 3.05) is 0 Å². The molecule has 0 amide bonds. The van der Waals surface area contributed by atoms with Crippen molar-refractivity contribution in [2.24, 2.45) is 0 Å². The van der Waals surface area contributed by atoms with Crippen LogP contribution in [0.2, 0.25) is 0 Å². The van der Waals surface area contributed by atoms with Crippen LogP contribution in [-0.2, 0) is 12.2 Å². The van der Waals surface area contributed by atoms with Crippen molar-refractivity contribution in [2.45, 2.75) is 44.3 Å². The molecule has 6 nitrogen and oxygen atoms in total.